The van der Waals surface area contributed by atoms with Crippen LogP contribution in [0, 0.1) is 10.1 Å². The summed E-state index contributed by atoms with van der Waals surface area (Å²) in [5.74, 6) is -0.739. The van der Waals surface area contributed by atoms with Gasteiger partial charge in [-0.1, -0.05) is 5.57 Å². The lowest BCUT2D eigenvalue weighted by Gasteiger charge is -2.07. The van der Waals surface area contributed by atoms with Gasteiger partial charge in [-0.15, -0.1) is 0 Å². The molecule has 0 heterocycles. The normalized spacial score (nSPS) is 10.3. The van der Waals surface area contributed by atoms with Crippen LogP contribution in [0.4, 0.5) is 5.69 Å². The first kappa shape index (κ1) is 15.4. The highest BCUT2D eigenvalue weighted by Gasteiger charge is 2.10. The molecule has 1 aromatic rings. The summed E-state index contributed by atoms with van der Waals surface area (Å²) in [5.41, 5.74) is 1.31. The van der Waals surface area contributed by atoms with E-state index >= 15 is 0 Å². The lowest BCUT2D eigenvalue weighted by molar-refractivity contribution is -0.384. The standard InChI is InChI=1S/C14H15NO5/c1-10(2)7-8-20-13-5-4-12(15(18)19)9-11(13)3-6-14(16)17/h3-7,9H,8H2,1-2H3,(H,16,17)/b6-3+. The monoisotopic (exact) mass is 277 g/mol. The number of non-ortho nitro benzene ring substituents is 1. The third-order valence-electron chi connectivity index (χ3n) is 2.34. The Balaban J connectivity index is 3.05. The maximum atomic E-state index is 10.7. The van der Waals surface area contributed by atoms with Crippen LogP contribution in [-0.4, -0.2) is 22.6 Å². The summed E-state index contributed by atoms with van der Waals surface area (Å²) >= 11 is 0. The topological polar surface area (TPSA) is 89.7 Å². The van der Waals surface area contributed by atoms with Gasteiger partial charge in [0, 0.05) is 23.8 Å². The number of carboxylic acids is 1. The van der Waals surface area contributed by atoms with Gasteiger partial charge >= 0.3 is 5.97 Å². The van der Waals surface area contributed by atoms with Crippen molar-refractivity contribution in [2.75, 3.05) is 6.61 Å². The van der Waals surface area contributed by atoms with Crippen LogP contribution in [0.25, 0.3) is 6.08 Å². The molecule has 1 rings (SSSR count). The van der Waals surface area contributed by atoms with Crippen molar-refractivity contribution < 1.29 is 19.6 Å². The number of carbonyl (C=O) groups is 1. The molecule has 106 valence electrons. The van der Waals surface area contributed by atoms with Crippen molar-refractivity contribution in [1.29, 1.82) is 0 Å². The van der Waals surface area contributed by atoms with Crippen LogP contribution in [0.3, 0.4) is 0 Å². The maximum Gasteiger partial charge on any atom is 0.328 e. The summed E-state index contributed by atoms with van der Waals surface area (Å²) in [5, 5.41) is 19.3. The second kappa shape index (κ2) is 7.08. The van der Waals surface area contributed by atoms with E-state index in [-0.39, 0.29) is 5.69 Å². The minimum absolute atomic E-state index is 0.121. The highest BCUT2D eigenvalue weighted by molar-refractivity contribution is 5.86. The fraction of sp³-hybridized carbons (Fsp3) is 0.214. The molecule has 1 N–H and O–H groups in total. The maximum absolute atomic E-state index is 10.7. The fourth-order valence-corrected chi connectivity index (χ4v) is 1.37. The van der Waals surface area contributed by atoms with E-state index in [1.54, 1.807) is 0 Å². The number of nitrogens with zero attached hydrogens (tertiary/aromatic N) is 1. The third kappa shape index (κ3) is 4.93. The molecule has 0 radical (unpaired) electrons. The van der Waals surface area contributed by atoms with E-state index in [4.69, 9.17) is 9.84 Å². The van der Waals surface area contributed by atoms with Crippen molar-refractivity contribution in [2.24, 2.45) is 0 Å². The molecule has 0 saturated heterocycles. The minimum Gasteiger partial charge on any atom is -0.489 e. The van der Waals surface area contributed by atoms with Gasteiger partial charge in [0.05, 0.1) is 4.92 Å². The Morgan fingerprint density at radius 3 is 2.70 bits per heavy atom. The van der Waals surface area contributed by atoms with Crippen molar-refractivity contribution in [3.8, 4) is 5.75 Å². The van der Waals surface area contributed by atoms with E-state index in [1.807, 2.05) is 19.9 Å². The van der Waals surface area contributed by atoms with E-state index in [0.717, 1.165) is 11.6 Å². The number of hydrogen-bond donors (Lipinski definition) is 1. The van der Waals surface area contributed by atoms with Crippen LogP contribution in [0.2, 0.25) is 0 Å². The number of aliphatic carboxylic acids is 1. The molecule has 0 bridgehead atoms. The molecule has 0 aromatic heterocycles. The summed E-state index contributed by atoms with van der Waals surface area (Å²) in [6.07, 6.45) is 4.03. The Morgan fingerprint density at radius 2 is 2.15 bits per heavy atom. The van der Waals surface area contributed by atoms with E-state index in [2.05, 4.69) is 0 Å². The van der Waals surface area contributed by atoms with Gasteiger partial charge in [-0.05, 0) is 32.1 Å². The quantitative estimate of drug-likeness (QED) is 0.373. The van der Waals surface area contributed by atoms with Crippen molar-refractivity contribution in [3.05, 3.63) is 51.6 Å². The van der Waals surface area contributed by atoms with Crippen molar-refractivity contribution in [3.63, 3.8) is 0 Å². The average molecular weight is 277 g/mol. The molecule has 1 aromatic carbocycles. The lowest BCUT2D eigenvalue weighted by atomic mass is 10.1. The molecule has 0 aliphatic heterocycles. The third-order valence-corrected chi connectivity index (χ3v) is 2.34. The molecule has 0 unspecified atom stereocenters. The number of benzene rings is 1. The molecular formula is C14H15NO5. The highest BCUT2D eigenvalue weighted by Crippen LogP contribution is 2.25. The van der Waals surface area contributed by atoms with Crippen LogP contribution >= 0.6 is 0 Å². The first-order valence-corrected chi connectivity index (χ1v) is 5.85. The smallest absolute Gasteiger partial charge is 0.328 e. The Hall–Kier alpha value is -2.63. The van der Waals surface area contributed by atoms with Crippen LogP contribution in [0.5, 0.6) is 5.75 Å². The van der Waals surface area contributed by atoms with Crippen molar-refractivity contribution in [2.45, 2.75) is 13.8 Å². The second-order valence-electron chi connectivity index (χ2n) is 4.24. The molecule has 20 heavy (non-hydrogen) atoms. The fourth-order valence-electron chi connectivity index (χ4n) is 1.37. The number of carboxylic acid groups (broad SMARTS) is 1. The number of nitro benzene ring substituents is 1. The Kier molecular flexibility index (Phi) is 5.46. The van der Waals surface area contributed by atoms with Crippen LogP contribution in [-0.2, 0) is 4.79 Å². The number of hydrogen-bond acceptors (Lipinski definition) is 4. The van der Waals surface area contributed by atoms with E-state index in [1.165, 1.54) is 24.3 Å². The summed E-state index contributed by atoms with van der Waals surface area (Å²) in [6.45, 7) is 4.16. The molecule has 0 aliphatic carbocycles. The lowest BCUT2D eigenvalue weighted by Crippen LogP contribution is -1.98. The van der Waals surface area contributed by atoms with Crippen molar-refractivity contribution >= 4 is 17.7 Å². The summed E-state index contributed by atoms with van der Waals surface area (Å²) in [7, 11) is 0. The van der Waals surface area contributed by atoms with Gasteiger partial charge < -0.3 is 9.84 Å². The van der Waals surface area contributed by atoms with Gasteiger partial charge in [-0.3, -0.25) is 10.1 Å². The molecule has 0 spiro atoms. The summed E-state index contributed by atoms with van der Waals surface area (Å²) < 4.78 is 5.47. The number of rotatable bonds is 6. The average Bonchev–Trinajstić information content (AvgIpc) is 2.36. The van der Waals surface area contributed by atoms with Crippen LogP contribution < -0.4 is 4.74 Å². The molecule has 0 fully saturated rings. The molecule has 0 atom stereocenters. The molecule has 6 heteroatoms. The van der Waals surface area contributed by atoms with Gasteiger partial charge in [-0.25, -0.2) is 4.79 Å². The van der Waals surface area contributed by atoms with E-state index in [9.17, 15) is 14.9 Å². The Bertz CT molecular complexity index is 571. The number of nitro groups is 1. The van der Waals surface area contributed by atoms with Gasteiger partial charge in [0.25, 0.3) is 5.69 Å². The summed E-state index contributed by atoms with van der Waals surface area (Å²) in [4.78, 5) is 20.7. The number of ether oxygens (including phenoxy) is 1. The zero-order valence-corrected chi connectivity index (χ0v) is 11.2. The second-order valence-corrected chi connectivity index (χ2v) is 4.24. The highest BCUT2D eigenvalue weighted by atomic mass is 16.6. The van der Waals surface area contributed by atoms with Crippen LogP contribution in [0.15, 0.2) is 35.9 Å². The largest absolute Gasteiger partial charge is 0.489 e. The molecule has 0 amide bonds. The molecule has 0 aliphatic rings. The Labute approximate surface area is 116 Å². The summed E-state index contributed by atoms with van der Waals surface area (Å²) in [6, 6.07) is 4.05. The minimum atomic E-state index is -1.13. The Morgan fingerprint density at radius 1 is 1.45 bits per heavy atom. The zero-order valence-electron chi connectivity index (χ0n) is 11.2. The first-order chi connectivity index (χ1) is 9.40. The van der Waals surface area contributed by atoms with Gasteiger partial charge in [-0.2, -0.15) is 0 Å². The molecular weight excluding hydrogens is 262 g/mol. The SMILES string of the molecule is CC(C)=CCOc1ccc([N+](=O)[O-])cc1/C=C/C(=O)O. The predicted octanol–water partition coefficient (Wildman–Crippen LogP) is 3.04. The van der Waals surface area contributed by atoms with Gasteiger partial charge in [0.15, 0.2) is 0 Å². The van der Waals surface area contributed by atoms with Crippen LogP contribution in [0.1, 0.15) is 19.4 Å². The van der Waals surface area contributed by atoms with Crippen molar-refractivity contribution in [1.82, 2.24) is 0 Å². The van der Waals surface area contributed by atoms with E-state index in [0.29, 0.717) is 17.9 Å². The zero-order chi connectivity index (χ0) is 15.1. The predicted molar refractivity (Wildman–Crippen MR) is 74.7 cm³/mol. The number of allylic oxidation sites excluding steroid dienone is 1. The first-order valence-electron chi connectivity index (χ1n) is 5.85. The van der Waals surface area contributed by atoms with Gasteiger partial charge in [0.1, 0.15) is 12.4 Å². The van der Waals surface area contributed by atoms with Gasteiger partial charge in [0.2, 0.25) is 0 Å². The molecule has 0 saturated carbocycles. The van der Waals surface area contributed by atoms with E-state index < -0.39 is 10.9 Å². The molecule has 6 nitrogen and oxygen atoms in total.